The minimum atomic E-state index is -0.371. The van der Waals surface area contributed by atoms with Crippen molar-refractivity contribution in [1.29, 1.82) is 5.26 Å². The number of hydrogen-bond donors (Lipinski definition) is 2. The topological polar surface area (TPSA) is 131 Å². The summed E-state index contributed by atoms with van der Waals surface area (Å²) in [6, 6.07) is 13.5. The maximum absolute atomic E-state index is 10.8. The Kier molecular flexibility index (Phi) is 12.8. The zero-order chi connectivity index (χ0) is 29.8. The fraction of sp³-hybridized carbons (Fsp3) is 0.107. The quantitative estimate of drug-likeness (QED) is 0.113. The molecular formula is C28H22Br3IN8O. The molecule has 6 aromatic heterocycles. The Labute approximate surface area is 275 Å². The number of primary amides is 1. The number of hydrogen-bond acceptors (Lipinski definition) is 5. The molecule has 0 saturated carbocycles. The van der Waals surface area contributed by atoms with Gasteiger partial charge in [-0.15, -0.1) is 6.42 Å². The van der Waals surface area contributed by atoms with E-state index in [4.69, 9.17) is 17.4 Å². The Bertz CT molecular complexity index is 1850. The Morgan fingerprint density at radius 3 is 1.93 bits per heavy atom. The lowest BCUT2D eigenvalue weighted by Crippen LogP contribution is -2.18. The fourth-order valence-corrected chi connectivity index (χ4v) is 4.86. The number of pyridine rings is 3. The lowest BCUT2D eigenvalue weighted by atomic mass is 10.3. The number of rotatable bonds is 3. The molecule has 0 fully saturated rings. The molecule has 0 aliphatic carbocycles. The highest BCUT2D eigenvalue weighted by Crippen LogP contribution is 2.23. The molecule has 0 saturated heterocycles. The summed E-state index contributed by atoms with van der Waals surface area (Å²) < 4.78 is 7.36. The number of terminal acetylenes is 1. The van der Waals surface area contributed by atoms with Crippen LogP contribution in [0.5, 0.6) is 0 Å². The number of aromatic nitrogens is 6. The van der Waals surface area contributed by atoms with Crippen molar-refractivity contribution in [2.75, 3.05) is 4.43 Å². The minimum Gasteiger partial charge on any atom is -0.368 e. The predicted molar refractivity (Wildman–Crippen MR) is 181 cm³/mol. The van der Waals surface area contributed by atoms with Gasteiger partial charge >= 0.3 is 0 Å². The van der Waals surface area contributed by atoms with Crippen molar-refractivity contribution in [2.24, 2.45) is 5.73 Å². The van der Waals surface area contributed by atoms with Crippen molar-refractivity contribution in [3.63, 3.8) is 0 Å². The van der Waals surface area contributed by atoms with E-state index < -0.39 is 0 Å². The van der Waals surface area contributed by atoms with Gasteiger partial charge < -0.3 is 19.9 Å². The van der Waals surface area contributed by atoms with Gasteiger partial charge in [0.05, 0.1) is 17.0 Å². The van der Waals surface area contributed by atoms with Gasteiger partial charge in [0.25, 0.3) is 0 Å². The molecule has 6 aromatic rings. The summed E-state index contributed by atoms with van der Waals surface area (Å²) in [6.45, 7) is 0.722. The number of nitriles is 1. The number of H-pyrrole nitrogens is 1. The predicted octanol–water partition coefficient (Wildman–Crippen LogP) is 6.99. The number of alkyl halides is 1. The molecule has 41 heavy (non-hydrogen) atoms. The van der Waals surface area contributed by atoms with Crippen LogP contribution in [0.15, 0.2) is 87.0 Å². The second kappa shape index (κ2) is 16.3. The summed E-state index contributed by atoms with van der Waals surface area (Å²) in [7, 11) is 0. The molecule has 0 bridgehead atoms. The maximum atomic E-state index is 10.8. The molecule has 6 rings (SSSR count). The largest absolute Gasteiger partial charge is 0.368 e. The lowest BCUT2D eigenvalue weighted by Gasteiger charge is -2.00. The smallest absolute Gasteiger partial charge is 0.237 e. The van der Waals surface area contributed by atoms with Crippen molar-refractivity contribution >= 4 is 109 Å². The van der Waals surface area contributed by atoms with Gasteiger partial charge in [-0.05, 0) is 84.2 Å². The molecule has 3 N–H and O–H groups in total. The highest BCUT2D eigenvalue weighted by molar-refractivity contribution is 14.1. The average molecular weight is 853 g/mol. The van der Waals surface area contributed by atoms with Gasteiger partial charge in [0.2, 0.25) is 5.91 Å². The van der Waals surface area contributed by atoms with Gasteiger partial charge in [0.15, 0.2) is 0 Å². The molecule has 0 unspecified atom stereocenters. The third kappa shape index (κ3) is 8.87. The van der Waals surface area contributed by atoms with Gasteiger partial charge in [-0.25, -0.2) is 15.0 Å². The van der Waals surface area contributed by atoms with Crippen LogP contribution in [0, 0.1) is 23.7 Å². The zero-order valence-electron chi connectivity index (χ0n) is 21.3. The third-order valence-corrected chi connectivity index (χ3v) is 7.69. The molecule has 0 aliphatic rings. The summed E-state index contributed by atoms with van der Waals surface area (Å²) in [4.78, 5) is 26.3. The molecule has 6 heterocycles. The number of nitrogens with zero attached hydrogens (tertiary/aromatic N) is 6. The van der Waals surface area contributed by atoms with E-state index in [0.29, 0.717) is 11.0 Å². The van der Waals surface area contributed by atoms with Crippen LogP contribution in [-0.4, -0.2) is 39.4 Å². The highest BCUT2D eigenvalue weighted by Gasteiger charge is 2.06. The second-order valence-corrected chi connectivity index (χ2v) is 11.3. The normalized spacial score (nSPS) is 9.90. The van der Waals surface area contributed by atoms with E-state index in [1.54, 1.807) is 29.4 Å². The Hall–Kier alpha value is -3.24. The van der Waals surface area contributed by atoms with Crippen LogP contribution in [0.3, 0.4) is 0 Å². The van der Waals surface area contributed by atoms with E-state index in [-0.39, 0.29) is 12.5 Å². The zero-order valence-corrected chi connectivity index (χ0v) is 28.2. The first-order valence-electron chi connectivity index (χ1n) is 11.7. The summed E-state index contributed by atoms with van der Waals surface area (Å²) in [5, 5.41) is 10.8. The van der Waals surface area contributed by atoms with Gasteiger partial charge in [-0.1, -0.05) is 28.5 Å². The number of fused-ring (bicyclic) bond motifs is 3. The standard InChI is InChI=1S/C10H7BrN2.C9H8BrN3O.C7H5BrN2.C2H2IN/c1-2-6-13-7-4-8-9(11)3-5-12-10(8)13;10-7-1-3-12-9-6(7)2-4-13(9)5-8(11)14;8-6-2-4-10-7-5(6)1-3-9-7;3-1-2-4/h1,3-5,7H,6H2;1-4H,5H2,(H2,11,14);1-4H,(H,9,10);1H2. The van der Waals surface area contributed by atoms with E-state index >= 15 is 0 Å². The monoisotopic (exact) mass is 850 g/mol. The molecule has 0 radical (unpaired) electrons. The molecule has 0 atom stereocenters. The van der Waals surface area contributed by atoms with Crippen molar-refractivity contribution in [2.45, 2.75) is 13.1 Å². The van der Waals surface area contributed by atoms with Crippen LogP contribution in [-0.2, 0) is 17.9 Å². The number of nitrogens with one attached hydrogen (secondary N) is 1. The number of amides is 1. The van der Waals surface area contributed by atoms with Crippen molar-refractivity contribution in [3.05, 3.63) is 87.0 Å². The molecule has 0 aromatic carbocycles. The van der Waals surface area contributed by atoms with Crippen LogP contribution in [0.4, 0.5) is 0 Å². The number of carbonyl (C=O) groups is 1. The third-order valence-electron chi connectivity index (χ3n) is 5.27. The number of halogens is 4. The molecule has 13 heteroatoms. The fourth-order valence-electron chi connectivity index (χ4n) is 3.56. The van der Waals surface area contributed by atoms with Gasteiger partial charge in [-0.2, -0.15) is 5.26 Å². The average Bonchev–Trinajstić information content (AvgIpc) is 3.71. The summed E-state index contributed by atoms with van der Waals surface area (Å²) >= 11 is 12.3. The van der Waals surface area contributed by atoms with Gasteiger partial charge in [0.1, 0.15) is 23.5 Å². The lowest BCUT2D eigenvalue weighted by molar-refractivity contribution is -0.118. The van der Waals surface area contributed by atoms with Crippen molar-refractivity contribution in [1.82, 2.24) is 29.1 Å². The molecule has 0 aliphatic heterocycles. The first kappa shape index (κ1) is 32.3. The Morgan fingerprint density at radius 2 is 1.41 bits per heavy atom. The van der Waals surface area contributed by atoms with Gasteiger partial charge in [-0.3, -0.25) is 4.79 Å². The van der Waals surface area contributed by atoms with Crippen LogP contribution in [0.1, 0.15) is 0 Å². The summed E-state index contributed by atoms with van der Waals surface area (Å²) in [6.07, 6.45) is 16.1. The van der Waals surface area contributed by atoms with Crippen LogP contribution in [0.2, 0.25) is 0 Å². The number of carbonyl (C=O) groups excluding carboxylic acids is 1. The van der Waals surface area contributed by atoms with Crippen LogP contribution >= 0.6 is 70.4 Å². The molecule has 9 nitrogen and oxygen atoms in total. The Balaban J connectivity index is 0.000000160. The summed E-state index contributed by atoms with van der Waals surface area (Å²) in [5.41, 5.74) is 7.72. The van der Waals surface area contributed by atoms with E-state index in [1.165, 1.54) is 0 Å². The molecule has 208 valence electrons. The molecular weight excluding hydrogens is 831 g/mol. The first-order valence-corrected chi connectivity index (χ1v) is 15.6. The Morgan fingerprint density at radius 1 is 0.902 bits per heavy atom. The van der Waals surface area contributed by atoms with Crippen molar-refractivity contribution < 1.29 is 4.79 Å². The van der Waals surface area contributed by atoms with Crippen LogP contribution in [0.25, 0.3) is 33.1 Å². The first-order chi connectivity index (χ1) is 19.8. The second-order valence-electron chi connectivity index (χ2n) is 7.94. The van der Waals surface area contributed by atoms with Crippen molar-refractivity contribution in [3.8, 4) is 18.4 Å². The summed E-state index contributed by atoms with van der Waals surface area (Å²) in [5.74, 6) is 2.22. The highest BCUT2D eigenvalue weighted by atomic mass is 127. The van der Waals surface area contributed by atoms with Crippen LogP contribution < -0.4 is 5.73 Å². The van der Waals surface area contributed by atoms with E-state index in [2.05, 4.69) is 73.6 Å². The molecule has 0 spiro atoms. The SMILES string of the molecule is Brc1ccnc2[nH]ccc12.C#CCn1ccc2c(Br)ccnc21.N#CCI.NC(=O)Cn1ccc2c(Br)ccnc21. The van der Waals surface area contributed by atoms with E-state index in [0.717, 1.165) is 46.5 Å². The number of aromatic amines is 1. The minimum absolute atomic E-state index is 0.160. The number of nitrogens with two attached hydrogens (primary N) is 1. The molecule has 1 amide bonds. The van der Waals surface area contributed by atoms with Gasteiger partial charge in [0, 0.05) is 66.8 Å². The van der Waals surface area contributed by atoms with E-state index in [1.807, 2.05) is 82.0 Å². The van der Waals surface area contributed by atoms with E-state index in [9.17, 15) is 4.79 Å². The maximum Gasteiger partial charge on any atom is 0.237 e.